The lowest BCUT2D eigenvalue weighted by Crippen LogP contribution is -2.35. The van der Waals surface area contributed by atoms with Crippen molar-refractivity contribution in [1.82, 2.24) is 15.2 Å². The molecule has 0 saturated carbocycles. The van der Waals surface area contributed by atoms with E-state index < -0.39 is 0 Å². The highest BCUT2D eigenvalue weighted by Gasteiger charge is 2.11. The van der Waals surface area contributed by atoms with Gasteiger partial charge in [0.15, 0.2) is 0 Å². The maximum Gasteiger partial charge on any atom is 0.245 e. The smallest absolute Gasteiger partial charge is 0.245 e. The second-order valence-corrected chi connectivity index (χ2v) is 3.78. The fraction of sp³-hybridized carbons (Fsp3) is 0.727. The van der Waals surface area contributed by atoms with E-state index in [1.165, 1.54) is 0 Å². The van der Waals surface area contributed by atoms with Crippen LogP contribution in [0.15, 0.2) is 0 Å². The molecule has 0 spiro atoms. The third kappa shape index (κ3) is 3.61. The number of hydrogen-bond donors (Lipinski definition) is 2. The Morgan fingerprint density at radius 3 is 2.00 bits per heavy atom. The van der Waals surface area contributed by atoms with Crippen LogP contribution in [-0.4, -0.2) is 41.4 Å². The third-order valence-corrected chi connectivity index (χ3v) is 2.58. The molecular weight excluding hydrogens is 216 g/mol. The van der Waals surface area contributed by atoms with Crippen molar-refractivity contribution in [3.05, 3.63) is 11.4 Å². The molecule has 17 heavy (non-hydrogen) atoms. The first-order chi connectivity index (χ1) is 8.26. The van der Waals surface area contributed by atoms with Crippen molar-refractivity contribution in [3.63, 3.8) is 0 Å². The zero-order valence-electron chi connectivity index (χ0n) is 10.7. The minimum atomic E-state index is 0.556. The number of aromatic nitrogens is 3. The SMILES string of the molecule is CCc1nnc(N(CCN)CCN)nc1CC. The van der Waals surface area contributed by atoms with Gasteiger partial charge in [-0.1, -0.05) is 13.8 Å². The Morgan fingerprint density at radius 1 is 0.941 bits per heavy atom. The van der Waals surface area contributed by atoms with Crippen molar-refractivity contribution in [2.45, 2.75) is 26.7 Å². The lowest BCUT2D eigenvalue weighted by atomic mass is 10.2. The van der Waals surface area contributed by atoms with Crippen molar-refractivity contribution in [1.29, 1.82) is 0 Å². The van der Waals surface area contributed by atoms with Crippen molar-refractivity contribution in [2.24, 2.45) is 11.5 Å². The Labute approximate surface area is 102 Å². The quantitative estimate of drug-likeness (QED) is 0.678. The third-order valence-electron chi connectivity index (χ3n) is 2.58. The van der Waals surface area contributed by atoms with Gasteiger partial charge in [-0.15, -0.1) is 5.10 Å². The molecule has 0 aliphatic rings. The van der Waals surface area contributed by atoms with Gasteiger partial charge in [-0.2, -0.15) is 5.10 Å². The molecule has 1 aromatic heterocycles. The minimum absolute atomic E-state index is 0.556. The first-order valence-electron chi connectivity index (χ1n) is 6.14. The molecule has 6 nitrogen and oxygen atoms in total. The Morgan fingerprint density at radius 2 is 1.53 bits per heavy atom. The average Bonchev–Trinajstić information content (AvgIpc) is 2.37. The summed E-state index contributed by atoms with van der Waals surface area (Å²) in [5, 5.41) is 8.37. The van der Waals surface area contributed by atoms with E-state index in [9.17, 15) is 0 Å². The fourth-order valence-electron chi connectivity index (χ4n) is 1.69. The van der Waals surface area contributed by atoms with Crippen molar-refractivity contribution in [2.75, 3.05) is 31.1 Å². The van der Waals surface area contributed by atoms with Crippen LogP contribution in [0.4, 0.5) is 5.95 Å². The maximum atomic E-state index is 5.57. The lowest BCUT2D eigenvalue weighted by Gasteiger charge is -2.21. The van der Waals surface area contributed by atoms with Crippen LogP contribution in [0.1, 0.15) is 25.2 Å². The molecule has 0 amide bonds. The number of hydrogen-bond acceptors (Lipinski definition) is 6. The van der Waals surface area contributed by atoms with E-state index in [-0.39, 0.29) is 0 Å². The second kappa shape index (κ2) is 7.13. The monoisotopic (exact) mass is 238 g/mol. The van der Waals surface area contributed by atoms with E-state index in [2.05, 4.69) is 29.0 Å². The normalized spacial score (nSPS) is 10.6. The number of rotatable bonds is 7. The predicted octanol–water partition coefficient (Wildman–Crippen LogP) is -0.280. The van der Waals surface area contributed by atoms with Crippen LogP contribution in [-0.2, 0) is 12.8 Å². The van der Waals surface area contributed by atoms with Crippen molar-refractivity contribution < 1.29 is 0 Å². The van der Waals surface area contributed by atoms with E-state index in [1.807, 2.05) is 4.90 Å². The van der Waals surface area contributed by atoms with Crippen LogP contribution >= 0.6 is 0 Å². The Balaban J connectivity index is 2.94. The number of nitrogens with two attached hydrogens (primary N) is 2. The summed E-state index contributed by atoms with van der Waals surface area (Å²) in [7, 11) is 0. The van der Waals surface area contributed by atoms with E-state index in [4.69, 9.17) is 11.5 Å². The highest BCUT2D eigenvalue weighted by Crippen LogP contribution is 2.10. The van der Waals surface area contributed by atoms with Gasteiger partial charge in [0.2, 0.25) is 5.95 Å². The number of nitrogens with zero attached hydrogens (tertiary/aromatic N) is 4. The van der Waals surface area contributed by atoms with Gasteiger partial charge in [0.05, 0.1) is 11.4 Å². The molecule has 6 heteroatoms. The van der Waals surface area contributed by atoms with Gasteiger partial charge in [-0.25, -0.2) is 4.98 Å². The van der Waals surface area contributed by atoms with Gasteiger partial charge in [0.1, 0.15) is 0 Å². The largest absolute Gasteiger partial charge is 0.337 e. The Hall–Kier alpha value is -1.27. The highest BCUT2D eigenvalue weighted by molar-refractivity contribution is 5.30. The zero-order valence-corrected chi connectivity index (χ0v) is 10.7. The first kappa shape index (κ1) is 13.8. The minimum Gasteiger partial charge on any atom is -0.337 e. The average molecular weight is 238 g/mol. The summed E-state index contributed by atoms with van der Waals surface area (Å²) in [4.78, 5) is 6.52. The summed E-state index contributed by atoms with van der Waals surface area (Å²) < 4.78 is 0. The summed E-state index contributed by atoms with van der Waals surface area (Å²) in [6, 6.07) is 0. The van der Waals surface area contributed by atoms with Gasteiger partial charge in [-0.05, 0) is 12.8 Å². The van der Waals surface area contributed by atoms with Gasteiger partial charge in [-0.3, -0.25) is 0 Å². The summed E-state index contributed by atoms with van der Waals surface area (Å²) in [6.45, 7) is 6.65. The maximum absolute atomic E-state index is 5.57. The van der Waals surface area contributed by atoms with Crippen LogP contribution in [0.5, 0.6) is 0 Å². The molecule has 4 N–H and O–H groups in total. The van der Waals surface area contributed by atoms with Crippen LogP contribution in [0.2, 0.25) is 0 Å². The molecule has 0 aromatic carbocycles. The first-order valence-corrected chi connectivity index (χ1v) is 6.14. The zero-order chi connectivity index (χ0) is 12.7. The van der Waals surface area contributed by atoms with E-state index in [1.54, 1.807) is 0 Å². The van der Waals surface area contributed by atoms with Crippen molar-refractivity contribution in [3.8, 4) is 0 Å². The van der Waals surface area contributed by atoms with Gasteiger partial charge < -0.3 is 16.4 Å². The summed E-state index contributed by atoms with van der Waals surface area (Å²) in [5.41, 5.74) is 13.1. The molecule has 0 fully saturated rings. The van der Waals surface area contributed by atoms with Crippen LogP contribution in [0.25, 0.3) is 0 Å². The Bertz CT molecular complexity index is 335. The van der Waals surface area contributed by atoms with Crippen molar-refractivity contribution >= 4 is 5.95 Å². The molecule has 0 aliphatic heterocycles. The number of aryl methyl sites for hydroxylation is 2. The molecular formula is C11H22N6. The summed E-state index contributed by atoms with van der Waals surface area (Å²) in [6.07, 6.45) is 1.72. The molecule has 0 aliphatic carbocycles. The lowest BCUT2D eigenvalue weighted by molar-refractivity contribution is 0.719. The fourth-order valence-corrected chi connectivity index (χ4v) is 1.69. The van der Waals surface area contributed by atoms with Crippen LogP contribution < -0.4 is 16.4 Å². The second-order valence-electron chi connectivity index (χ2n) is 3.78. The topological polar surface area (TPSA) is 94.0 Å². The molecule has 96 valence electrons. The summed E-state index contributed by atoms with van der Waals surface area (Å²) >= 11 is 0. The molecule has 0 bridgehead atoms. The van der Waals surface area contributed by atoms with Gasteiger partial charge >= 0.3 is 0 Å². The van der Waals surface area contributed by atoms with Crippen LogP contribution in [0.3, 0.4) is 0 Å². The molecule has 1 rings (SSSR count). The molecule has 1 aromatic rings. The molecule has 0 saturated heterocycles. The summed E-state index contributed by atoms with van der Waals surface area (Å²) in [5.74, 6) is 0.634. The van der Waals surface area contributed by atoms with E-state index >= 15 is 0 Å². The molecule has 0 unspecified atom stereocenters. The van der Waals surface area contributed by atoms with E-state index in [0.717, 1.165) is 24.2 Å². The standard InChI is InChI=1S/C11H22N6/c1-3-9-10(4-2)15-16-11(14-9)17(7-5-12)8-6-13/h3-8,12-13H2,1-2H3. The highest BCUT2D eigenvalue weighted by atomic mass is 15.3. The predicted molar refractivity (Wildman–Crippen MR) is 68.9 cm³/mol. The van der Waals surface area contributed by atoms with E-state index in [0.29, 0.717) is 32.1 Å². The van der Waals surface area contributed by atoms with Crippen LogP contribution in [0, 0.1) is 0 Å². The molecule has 0 atom stereocenters. The molecule has 1 heterocycles. The van der Waals surface area contributed by atoms with Gasteiger partial charge in [0, 0.05) is 26.2 Å². The van der Waals surface area contributed by atoms with Gasteiger partial charge in [0.25, 0.3) is 0 Å². The number of anilines is 1. The Kier molecular flexibility index (Phi) is 5.79. The molecule has 0 radical (unpaired) electrons.